The fraction of sp³-hybridized carbons (Fsp3) is 0.0952. The predicted molar refractivity (Wildman–Crippen MR) is 97.4 cm³/mol. The van der Waals surface area contributed by atoms with Gasteiger partial charge in [-0.25, -0.2) is 0 Å². The summed E-state index contributed by atoms with van der Waals surface area (Å²) in [6.07, 6.45) is 1.52. The summed E-state index contributed by atoms with van der Waals surface area (Å²) in [4.78, 5) is 12.3. The first kappa shape index (κ1) is 15.3. The molecular formula is C21H16O4. The predicted octanol–water partition coefficient (Wildman–Crippen LogP) is 4.62. The molecule has 0 saturated carbocycles. The lowest BCUT2D eigenvalue weighted by Gasteiger charge is -2.18. The highest BCUT2D eigenvalue weighted by atomic mass is 16.5. The van der Waals surface area contributed by atoms with Crippen molar-refractivity contribution in [1.29, 1.82) is 0 Å². The number of ether oxygens (including phenoxy) is 2. The first-order valence-corrected chi connectivity index (χ1v) is 7.87. The number of aliphatic hydroxyl groups excluding tert-OH is 1. The van der Waals surface area contributed by atoms with Gasteiger partial charge in [0.2, 0.25) is 5.78 Å². The van der Waals surface area contributed by atoms with Crippen molar-refractivity contribution >= 4 is 22.6 Å². The molecule has 3 aromatic carbocycles. The van der Waals surface area contributed by atoms with Crippen molar-refractivity contribution in [2.75, 3.05) is 14.2 Å². The van der Waals surface area contributed by atoms with E-state index in [2.05, 4.69) is 0 Å². The molecule has 0 spiro atoms. The van der Waals surface area contributed by atoms with Gasteiger partial charge in [-0.2, -0.15) is 0 Å². The third kappa shape index (κ3) is 2.26. The number of ketones is 1. The van der Waals surface area contributed by atoms with Gasteiger partial charge in [0.05, 0.1) is 14.2 Å². The standard InChI is InChI=1S/C21H16O4/c1-24-13-7-9-15(19(11-13)25-2)14-8-6-12-10-18(22)21(23)17-5-3-4-16(14)20(12)17/h3-11,22H,1-2H3. The maximum absolute atomic E-state index is 12.3. The summed E-state index contributed by atoms with van der Waals surface area (Å²) in [6.45, 7) is 0. The maximum atomic E-state index is 12.3. The zero-order chi connectivity index (χ0) is 17.6. The summed E-state index contributed by atoms with van der Waals surface area (Å²) >= 11 is 0. The number of hydrogen-bond donors (Lipinski definition) is 1. The Morgan fingerprint density at radius 2 is 1.68 bits per heavy atom. The second-order valence-corrected chi connectivity index (χ2v) is 5.86. The molecule has 0 radical (unpaired) electrons. The molecule has 124 valence electrons. The van der Waals surface area contributed by atoms with Crippen LogP contribution in [0.2, 0.25) is 0 Å². The Morgan fingerprint density at radius 3 is 2.44 bits per heavy atom. The second kappa shape index (κ2) is 5.67. The highest BCUT2D eigenvalue weighted by molar-refractivity contribution is 6.23. The Balaban J connectivity index is 2.04. The number of aliphatic hydroxyl groups is 1. The van der Waals surface area contributed by atoms with Crippen LogP contribution in [0.15, 0.2) is 54.3 Å². The van der Waals surface area contributed by atoms with Crippen LogP contribution in [0.3, 0.4) is 0 Å². The molecule has 0 amide bonds. The van der Waals surface area contributed by atoms with Gasteiger partial charge in [-0.3, -0.25) is 4.79 Å². The van der Waals surface area contributed by atoms with E-state index in [0.29, 0.717) is 17.1 Å². The highest BCUT2D eigenvalue weighted by Gasteiger charge is 2.23. The van der Waals surface area contributed by atoms with E-state index < -0.39 is 0 Å². The summed E-state index contributed by atoms with van der Waals surface area (Å²) in [5.41, 5.74) is 3.22. The molecule has 0 aromatic heterocycles. The number of carbonyl (C=O) groups excluding carboxylic acids is 1. The molecule has 4 nitrogen and oxygen atoms in total. The van der Waals surface area contributed by atoms with Gasteiger partial charge < -0.3 is 14.6 Å². The molecule has 0 saturated heterocycles. The Labute approximate surface area is 144 Å². The van der Waals surface area contributed by atoms with E-state index in [1.807, 2.05) is 42.5 Å². The monoisotopic (exact) mass is 332 g/mol. The third-order valence-electron chi connectivity index (χ3n) is 4.54. The van der Waals surface area contributed by atoms with Gasteiger partial charge >= 0.3 is 0 Å². The Morgan fingerprint density at radius 1 is 0.880 bits per heavy atom. The van der Waals surface area contributed by atoms with Crippen molar-refractivity contribution in [1.82, 2.24) is 0 Å². The third-order valence-corrected chi connectivity index (χ3v) is 4.54. The number of methoxy groups -OCH3 is 2. The second-order valence-electron chi connectivity index (χ2n) is 5.86. The van der Waals surface area contributed by atoms with Gasteiger partial charge in [0.1, 0.15) is 11.5 Å². The lowest BCUT2D eigenvalue weighted by Crippen LogP contribution is -2.08. The zero-order valence-corrected chi connectivity index (χ0v) is 13.9. The minimum Gasteiger partial charge on any atom is -0.504 e. The van der Waals surface area contributed by atoms with E-state index in [1.54, 1.807) is 20.3 Å². The van der Waals surface area contributed by atoms with Gasteiger partial charge in [0.15, 0.2) is 5.76 Å². The van der Waals surface area contributed by atoms with E-state index in [4.69, 9.17) is 9.47 Å². The Hall–Kier alpha value is -3.27. The number of hydrogen-bond acceptors (Lipinski definition) is 4. The summed E-state index contributed by atoms with van der Waals surface area (Å²) in [6, 6.07) is 15.1. The van der Waals surface area contributed by atoms with Crippen LogP contribution < -0.4 is 9.47 Å². The van der Waals surface area contributed by atoms with E-state index in [-0.39, 0.29) is 11.5 Å². The lowest BCUT2D eigenvalue weighted by molar-refractivity contribution is 0.0981. The number of benzene rings is 3. The summed E-state index contributed by atoms with van der Waals surface area (Å²) in [7, 11) is 3.23. The summed E-state index contributed by atoms with van der Waals surface area (Å²) < 4.78 is 10.8. The van der Waals surface area contributed by atoms with Crippen molar-refractivity contribution < 1.29 is 19.4 Å². The van der Waals surface area contributed by atoms with Crippen LogP contribution in [-0.2, 0) is 0 Å². The highest BCUT2D eigenvalue weighted by Crippen LogP contribution is 2.40. The van der Waals surface area contributed by atoms with E-state index in [0.717, 1.165) is 27.5 Å². The van der Waals surface area contributed by atoms with E-state index in [9.17, 15) is 9.90 Å². The molecule has 3 aromatic rings. The first-order chi connectivity index (χ1) is 12.1. The van der Waals surface area contributed by atoms with E-state index >= 15 is 0 Å². The van der Waals surface area contributed by atoms with Crippen molar-refractivity contribution in [3.63, 3.8) is 0 Å². The fourth-order valence-corrected chi connectivity index (χ4v) is 3.35. The quantitative estimate of drug-likeness (QED) is 0.760. The number of allylic oxidation sites excluding steroid dienone is 1. The molecule has 1 aliphatic rings. The van der Waals surface area contributed by atoms with Crippen molar-refractivity contribution in [2.45, 2.75) is 0 Å². The van der Waals surface area contributed by atoms with Gasteiger partial charge in [0, 0.05) is 22.6 Å². The molecule has 0 bridgehead atoms. The van der Waals surface area contributed by atoms with Crippen molar-refractivity contribution in [2.24, 2.45) is 0 Å². The van der Waals surface area contributed by atoms with Crippen LogP contribution in [0, 0.1) is 0 Å². The molecule has 1 aliphatic carbocycles. The number of carbonyl (C=O) groups is 1. The summed E-state index contributed by atoms with van der Waals surface area (Å²) in [5, 5.41) is 11.7. The topological polar surface area (TPSA) is 55.8 Å². The van der Waals surface area contributed by atoms with E-state index in [1.165, 1.54) is 6.08 Å². The molecule has 25 heavy (non-hydrogen) atoms. The van der Waals surface area contributed by atoms with Gasteiger partial charge in [-0.1, -0.05) is 30.3 Å². The van der Waals surface area contributed by atoms with Gasteiger partial charge in [-0.15, -0.1) is 0 Å². The average Bonchev–Trinajstić information content (AvgIpc) is 2.65. The van der Waals surface area contributed by atoms with Crippen LogP contribution in [0.1, 0.15) is 15.9 Å². The van der Waals surface area contributed by atoms with Crippen LogP contribution in [0.4, 0.5) is 0 Å². The molecule has 0 aliphatic heterocycles. The van der Waals surface area contributed by atoms with Gasteiger partial charge in [0.25, 0.3) is 0 Å². The molecule has 1 N–H and O–H groups in total. The number of rotatable bonds is 3. The fourth-order valence-electron chi connectivity index (χ4n) is 3.35. The van der Waals surface area contributed by atoms with Gasteiger partial charge in [-0.05, 0) is 34.7 Å². The van der Waals surface area contributed by atoms with Crippen molar-refractivity contribution in [3.05, 3.63) is 65.4 Å². The first-order valence-electron chi connectivity index (χ1n) is 7.87. The van der Waals surface area contributed by atoms with Crippen LogP contribution in [-0.4, -0.2) is 25.1 Å². The van der Waals surface area contributed by atoms with Crippen molar-refractivity contribution in [3.8, 4) is 22.6 Å². The molecule has 0 heterocycles. The summed E-state index contributed by atoms with van der Waals surface area (Å²) in [5.74, 6) is 0.832. The average molecular weight is 332 g/mol. The Kier molecular flexibility index (Phi) is 3.46. The smallest absolute Gasteiger partial charge is 0.227 e. The van der Waals surface area contributed by atoms with Crippen LogP contribution in [0.5, 0.6) is 11.5 Å². The zero-order valence-electron chi connectivity index (χ0n) is 13.9. The number of Topliss-reactive ketones (excluding diaryl/α,β-unsaturated/α-hetero) is 1. The molecular weight excluding hydrogens is 316 g/mol. The lowest BCUT2D eigenvalue weighted by atomic mass is 9.87. The minimum atomic E-state index is -0.350. The molecule has 0 unspecified atom stereocenters. The maximum Gasteiger partial charge on any atom is 0.227 e. The molecule has 0 atom stereocenters. The molecule has 4 heteroatoms. The minimum absolute atomic E-state index is 0.227. The Bertz CT molecular complexity index is 1050. The largest absolute Gasteiger partial charge is 0.504 e. The van der Waals surface area contributed by atoms with Crippen LogP contribution in [0.25, 0.3) is 28.0 Å². The molecule has 0 fully saturated rings. The van der Waals surface area contributed by atoms with Crippen LogP contribution >= 0.6 is 0 Å². The normalized spacial score (nSPS) is 12.9. The molecule has 4 rings (SSSR count). The SMILES string of the molecule is COc1ccc(-c2ccc3c4c(cccc24)C(=O)C(O)=C3)c(OC)c1.